The van der Waals surface area contributed by atoms with Crippen LogP contribution in [-0.4, -0.2) is 12.1 Å². The lowest BCUT2D eigenvalue weighted by atomic mass is 9.93. The Balaban J connectivity index is 1.28. The number of ether oxygens (including phenoxy) is 2. The predicted octanol–water partition coefficient (Wildman–Crippen LogP) is 10.1. The molecule has 1 saturated carbocycles. The molecule has 0 amide bonds. The van der Waals surface area contributed by atoms with Crippen molar-refractivity contribution in [2.45, 2.75) is 103 Å². The maximum atomic E-state index is 12.8. The number of esters is 1. The molecule has 0 aromatic heterocycles. The van der Waals surface area contributed by atoms with E-state index in [2.05, 4.69) is 39.0 Å². The zero-order chi connectivity index (χ0) is 29.1. The van der Waals surface area contributed by atoms with E-state index in [1.54, 1.807) is 12.1 Å². The van der Waals surface area contributed by atoms with Crippen LogP contribution >= 0.6 is 0 Å². The molecular weight excluding hydrogens is 506 g/mol. The van der Waals surface area contributed by atoms with E-state index in [0.717, 1.165) is 41.7 Å². The van der Waals surface area contributed by atoms with Gasteiger partial charge >= 0.3 is 5.97 Å². The summed E-state index contributed by atoms with van der Waals surface area (Å²) in [6, 6.07) is 25.7. The standard InChI is InChI=1S/C37H45NO3/c1-4-6-8-10-12-28(3)40-34-22-18-30(19-23-34)29-14-16-31(17-15-29)36(39)41-35-24-20-32(21-25-35)37(27-38)26-33(37)13-11-9-7-5-2/h14-25,28,33H,4-13,26H2,1-3H3. The molecule has 41 heavy (non-hydrogen) atoms. The highest BCUT2D eigenvalue weighted by molar-refractivity contribution is 5.91. The van der Waals surface area contributed by atoms with Crippen LogP contribution in [-0.2, 0) is 5.41 Å². The summed E-state index contributed by atoms with van der Waals surface area (Å²) in [7, 11) is 0. The van der Waals surface area contributed by atoms with E-state index in [1.165, 1.54) is 51.4 Å². The number of carbonyl (C=O) groups is 1. The van der Waals surface area contributed by atoms with Crippen molar-refractivity contribution >= 4 is 5.97 Å². The number of unbranched alkanes of at least 4 members (excludes halogenated alkanes) is 6. The first-order chi connectivity index (χ1) is 20.0. The fourth-order valence-corrected chi connectivity index (χ4v) is 5.71. The molecule has 4 rings (SSSR count). The maximum Gasteiger partial charge on any atom is 0.343 e. The average molecular weight is 552 g/mol. The van der Waals surface area contributed by atoms with E-state index in [4.69, 9.17) is 9.47 Å². The van der Waals surface area contributed by atoms with Crippen molar-refractivity contribution in [3.05, 3.63) is 83.9 Å². The van der Waals surface area contributed by atoms with Crippen LogP contribution in [0.1, 0.15) is 107 Å². The van der Waals surface area contributed by atoms with E-state index in [9.17, 15) is 10.1 Å². The lowest BCUT2D eigenvalue weighted by molar-refractivity contribution is 0.0734. The SMILES string of the molecule is CCCCCCC(C)Oc1ccc(-c2ccc(C(=O)Oc3ccc(C4(C#N)CC4CCCCCC)cc3)cc2)cc1. The summed E-state index contributed by atoms with van der Waals surface area (Å²) in [5, 5.41) is 9.90. The minimum Gasteiger partial charge on any atom is -0.491 e. The van der Waals surface area contributed by atoms with E-state index >= 15 is 0 Å². The largest absolute Gasteiger partial charge is 0.491 e. The van der Waals surface area contributed by atoms with Gasteiger partial charge in [0.15, 0.2) is 0 Å². The van der Waals surface area contributed by atoms with Crippen molar-refractivity contribution < 1.29 is 14.3 Å². The van der Waals surface area contributed by atoms with E-state index in [-0.39, 0.29) is 11.5 Å². The molecular formula is C37H45NO3. The predicted molar refractivity (Wildman–Crippen MR) is 166 cm³/mol. The van der Waals surface area contributed by atoms with Crippen LogP contribution in [0.5, 0.6) is 11.5 Å². The molecule has 0 heterocycles. The fourth-order valence-electron chi connectivity index (χ4n) is 5.71. The van der Waals surface area contributed by atoms with Gasteiger partial charge in [0, 0.05) is 0 Å². The van der Waals surface area contributed by atoms with Crippen LogP contribution in [0.15, 0.2) is 72.8 Å². The summed E-state index contributed by atoms with van der Waals surface area (Å²) in [4.78, 5) is 12.8. The Bertz CT molecular complexity index is 1270. The van der Waals surface area contributed by atoms with Gasteiger partial charge in [-0.25, -0.2) is 4.79 Å². The van der Waals surface area contributed by atoms with Crippen molar-refractivity contribution in [2.75, 3.05) is 0 Å². The Morgan fingerprint density at radius 3 is 2.02 bits per heavy atom. The maximum absolute atomic E-state index is 12.8. The molecule has 1 aliphatic carbocycles. The van der Waals surface area contributed by atoms with E-state index in [0.29, 0.717) is 17.2 Å². The molecule has 0 spiro atoms. The summed E-state index contributed by atoms with van der Waals surface area (Å²) < 4.78 is 11.7. The highest BCUT2D eigenvalue weighted by atomic mass is 16.5. The van der Waals surface area contributed by atoms with Gasteiger partial charge in [0.05, 0.1) is 23.2 Å². The number of rotatable bonds is 16. The van der Waals surface area contributed by atoms with Crippen LogP contribution < -0.4 is 9.47 Å². The van der Waals surface area contributed by atoms with Crippen molar-refractivity contribution in [1.82, 2.24) is 0 Å². The van der Waals surface area contributed by atoms with Crippen LogP contribution in [0.3, 0.4) is 0 Å². The molecule has 3 aromatic rings. The Labute approximate surface area is 246 Å². The van der Waals surface area contributed by atoms with Crippen molar-refractivity contribution in [2.24, 2.45) is 5.92 Å². The highest BCUT2D eigenvalue weighted by Crippen LogP contribution is 2.56. The van der Waals surface area contributed by atoms with Gasteiger partial charge in [-0.15, -0.1) is 0 Å². The third kappa shape index (κ3) is 8.23. The van der Waals surface area contributed by atoms with Crippen LogP contribution in [0.2, 0.25) is 0 Å². The normalized spacial score (nSPS) is 18.3. The molecule has 1 aliphatic rings. The quantitative estimate of drug-likeness (QED) is 0.101. The Hall–Kier alpha value is -3.58. The molecule has 3 unspecified atom stereocenters. The molecule has 4 heteroatoms. The second kappa shape index (κ2) is 14.9. The lowest BCUT2D eigenvalue weighted by Crippen LogP contribution is -2.11. The average Bonchev–Trinajstić information content (AvgIpc) is 3.73. The first-order valence-corrected chi connectivity index (χ1v) is 15.6. The number of carbonyl (C=O) groups excluding carboxylic acids is 1. The van der Waals surface area contributed by atoms with Gasteiger partial charge < -0.3 is 9.47 Å². The monoisotopic (exact) mass is 551 g/mol. The number of nitriles is 1. The summed E-state index contributed by atoms with van der Waals surface area (Å²) >= 11 is 0. The molecule has 3 atom stereocenters. The van der Waals surface area contributed by atoms with Gasteiger partial charge in [-0.2, -0.15) is 5.26 Å². The molecule has 216 valence electrons. The molecule has 0 radical (unpaired) electrons. The second-order valence-electron chi connectivity index (χ2n) is 11.6. The van der Waals surface area contributed by atoms with Gasteiger partial charge in [-0.3, -0.25) is 0 Å². The Morgan fingerprint density at radius 1 is 0.829 bits per heavy atom. The Kier molecular flexibility index (Phi) is 11.0. The van der Waals surface area contributed by atoms with Crippen molar-refractivity contribution in [3.8, 4) is 28.7 Å². The molecule has 1 fully saturated rings. The molecule has 0 N–H and O–H groups in total. The minimum absolute atomic E-state index is 0.206. The third-order valence-electron chi connectivity index (χ3n) is 8.40. The van der Waals surface area contributed by atoms with Gasteiger partial charge in [-0.05, 0) is 91.6 Å². The molecule has 3 aromatic carbocycles. The summed E-state index contributed by atoms with van der Waals surface area (Å²) in [5.74, 6) is 1.42. The molecule has 0 bridgehead atoms. The Morgan fingerprint density at radius 2 is 1.41 bits per heavy atom. The first kappa shape index (κ1) is 30.4. The molecule has 4 nitrogen and oxygen atoms in total. The highest BCUT2D eigenvalue weighted by Gasteiger charge is 2.55. The van der Waals surface area contributed by atoms with Gasteiger partial charge in [-0.1, -0.05) is 95.2 Å². The van der Waals surface area contributed by atoms with Gasteiger partial charge in [0.2, 0.25) is 0 Å². The third-order valence-corrected chi connectivity index (χ3v) is 8.40. The first-order valence-electron chi connectivity index (χ1n) is 15.6. The minimum atomic E-state index is -0.392. The van der Waals surface area contributed by atoms with Gasteiger partial charge in [0.25, 0.3) is 0 Å². The van der Waals surface area contributed by atoms with Crippen molar-refractivity contribution in [1.29, 1.82) is 5.26 Å². The summed E-state index contributed by atoms with van der Waals surface area (Å²) in [6.45, 7) is 6.58. The summed E-state index contributed by atoms with van der Waals surface area (Å²) in [5.41, 5.74) is 3.25. The summed E-state index contributed by atoms with van der Waals surface area (Å²) in [6.07, 6.45) is 13.2. The van der Waals surface area contributed by atoms with Crippen molar-refractivity contribution in [3.63, 3.8) is 0 Å². The zero-order valence-electron chi connectivity index (χ0n) is 25.0. The van der Waals surface area contributed by atoms with E-state index < -0.39 is 5.97 Å². The van der Waals surface area contributed by atoms with Crippen LogP contribution in [0, 0.1) is 17.2 Å². The van der Waals surface area contributed by atoms with Crippen LogP contribution in [0.25, 0.3) is 11.1 Å². The fraction of sp³-hybridized carbons (Fsp3) is 0.459. The number of nitrogens with zero attached hydrogens (tertiary/aromatic N) is 1. The van der Waals surface area contributed by atoms with Crippen LogP contribution in [0.4, 0.5) is 0 Å². The number of hydrogen-bond acceptors (Lipinski definition) is 4. The topological polar surface area (TPSA) is 59.3 Å². The van der Waals surface area contributed by atoms with E-state index in [1.807, 2.05) is 48.5 Å². The number of hydrogen-bond donors (Lipinski definition) is 0. The molecule has 0 saturated heterocycles. The lowest BCUT2D eigenvalue weighted by Gasteiger charge is -2.15. The zero-order valence-corrected chi connectivity index (χ0v) is 25.0. The smallest absolute Gasteiger partial charge is 0.343 e. The number of benzene rings is 3. The van der Waals surface area contributed by atoms with Gasteiger partial charge in [0.1, 0.15) is 11.5 Å². The second-order valence-corrected chi connectivity index (χ2v) is 11.6. The molecule has 0 aliphatic heterocycles.